The molecule has 94 valence electrons. The Kier molecular flexibility index (Phi) is 3.23. The summed E-state index contributed by atoms with van der Waals surface area (Å²) < 4.78 is 11.7. The molecule has 18 heavy (non-hydrogen) atoms. The number of fused-ring (bicyclic) bond motifs is 1. The highest BCUT2D eigenvalue weighted by molar-refractivity contribution is 9.10. The van der Waals surface area contributed by atoms with Crippen molar-refractivity contribution in [1.29, 1.82) is 0 Å². The number of nitrogens with zero attached hydrogens (tertiary/aromatic N) is 1. The Morgan fingerprint density at radius 2 is 2.33 bits per heavy atom. The highest BCUT2D eigenvalue weighted by atomic mass is 79.9. The summed E-state index contributed by atoms with van der Waals surface area (Å²) in [7, 11) is 1.93. The molecule has 0 unspecified atom stereocenters. The molecular weight excluding hydrogens is 316 g/mol. The molecule has 2 aromatic rings. The number of thiazole rings is 1. The van der Waals surface area contributed by atoms with Crippen LogP contribution < -0.4 is 14.8 Å². The summed E-state index contributed by atoms with van der Waals surface area (Å²) in [5.41, 5.74) is 1.04. The molecule has 1 aromatic carbocycles. The van der Waals surface area contributed by atoms with Crippen molar-refractivity contribution in [3.63, 3.8) is 0 Å². The maximum Gasteiger partial charge on any atom is 0.231 e. The second-order valence-corrected chi connectivity index (χ2v) is 5.82. The lowest BCUT2D eigenvalue weighted by atomic mass is 10.2. The lowest BCUT2D eigenvalue weighted by molar-refractivity contribution is 0.173. The van der Waals surface area contributed by atoms with Gasteiger partial charge >= 0.3 is 0 Å². The van der Waals surface area contributed by atoms with Gasteiger partial charge in [0.05, 0.1) is 4.47 Å². The van der Waals surface area contributed by atoms with Crippen LogP contribution in [0, 0.1) is 0 Å². The van der Waals surface area contributed by atoms with Crippen molar-refractivity contribution in [2.45, 2.75) is 6.54 Å². The topological polar surface area (TPSA) is 43.4 Å². The van der Waals surface area contributed by atoms with E-state index in [0.29, 0.717) is 0 Å². The maximum atomic E-state index is 5.41. The number of nitrogens with one attached hydrogen (secondary N) is 1. The number of aromatic nitrogens is 1. The van der Waals surface area contributed by atoms with E-state index in [1.807, 2.05) is 25.4 Å². The van der Waals surface area contributed by atoms with Gasteiger partial charge in [0.2, 0.25) is 6.79 Å². The van der Waals surface area contributed by atoms with Gasteiger partial charge in [0, 0.05) is 23.2 Å². The normalized spacial score (nSPS) is 13.0. The van der Waals surface area contributed by atoms with Gasteiger partial charge in [0.15, 0.2) is 11.5 Å². The average Bonchev–Trinajstić information content (AvgIpc) is 2.97. The van der Waals surface area contributed by atoms with Crippen LogP contribution in [0.1, 0.15) is 4.88 Å². The summed E-state index contributed by atoms with van der Waals surface area (Å²) >= 11 is 5.17. The molecule has 1 N–H and O–H groups in total. The van der Waals surface area contributed by atoms with Crippen molar-refractivity contribution in [3.8, 4) is 22.1 Å². The van der Waals surface area contributed by atoms with Crippen molar-refractivity contribution < 1.29 is 9.47 Å². The standard InChI is InChI=1S/C12H11BrN2O2S/c1-14-4-8-5-15-12(18-8)7-2-9(13)11-10(3-7)16-6-17-11/h2-3,5,14H,4,6H2,1H3. The van der Waals surface area contributed by atoms with Crippen molar-refractivity contribution >= 4 is 27.3 Å². The molecule has 0 atom stereocenters. The molecule has 1 aliphatic rings. The highest BCUT2D eigenvalue weighted by Gasteiger charge is 2.19. The molecule has 0 bridgehead atoms. The van der Waals surface area contributed by atoms with Gasteiger partial charge in [-0.3, -0.25) is 0 Å². The minimum atomic E-state index is 0.278. The lowest BCUT2D eigenvalue weighted by Crippen LogP contribution is -2.02. The first-order valence-electron chi connectivity index (χ1n) is 5.47. The van der Waals surface area contributed by atoms with E-state index in [1.165, 1.54) is 4.88 Å². The number of halogens is 1. The Labute approximate surface area is 117 Å². The summed E-state index contributed by atoms with van der Waals surface area (Å²) in [6.07, 6.45) is 1.90. The molecule has 1 aliphatic heterocycles. The molecule has 0 saturated heterocycles. The fourth-order valence-corrected chi connectivity index (χ4v) is 3.26. The Morgan fingerprint density at radius 3 is 3.17 bits per heavy atom. The molecule has 0 spiro atoms. The van der Waals surface area contributed by atoms with Gasteiger partial charge in [-0.05, 0) is 35.1 Å². The Balaban J connectivity index is 1.98. The number of hydrogen-bond acceptors (Lipinski definition) is 5. The van der Waals surface area contributed by atoms with E-state index in [9.17, 15) is 0 Å². The smallest absolute Gasteiger partial charge is 0.231 e. The Hall–Kier alpha value is -1.11. The van der Waals surface area contributed by atoms with E-state index in [0.717, 1.165) is 33.1 Å². The lowest BCUT2D eigenvalue weighted by Gasteiger charge is -2.02. The number of ether oxygens (including phenoxy) is 2. The van der Waals surface area contributed by atoms with Gasteiger partial charge in [0.1, 0.15) is 5.01 Å². The van der Waals surface area contributed by atoms with Gasteiger partial charge in [0.25, 0.3) is 0 Å². The van der Waals surface area contributed by atoms with Crippen molar-refractivity contribution in [2.75, 3.05) is 13.8 Å². The fourth-order valence-electron chi connectivity index (χ4n) is 1.79. The molecular formula is C12H11BrN2O2S. The average molecular weight is 327 g/mol. The zero-order valence-corrected chi connectivity index (χ0v) is 12.1. The summed E-state index contributed by atoms with van der Waals surface area (Å²) in [6, 6.07) is 3.98. The van der Waals surface area contributed by atoms with Crippen LogP contribution in [0.3, 0.4) is 0 Å². The first kappa shape index (κ1) is 12.0. The molecule has 1 aromatic heterocycles. The van der Waals surface area contributed by atoms with Crippen LogP contribution in [-0.2, 0) is 6.54 Å². The predicted octanol–water partition coefficient (Wildman–Crippen LogP) is 3.02. The second kappa shape index (κ2) is 4.87. The fraction of sp³-hybridized carbons (Fsp3) is 0.250. The first-order valence-corrected chi connectivity index (χ1v) is 7.07. The van der Waals surface area contributed by atoms with E-state index in [4.69, 9.17) is 9.47 Å². The minimum absolute atomic E-state index is 0.278. The quantitative estimate of drug-likeness (QED) is 0.941. The van der Waals surface area contributed by atoms with Gasteiger partial charge in [-0.15, -0.1) is 11.3 Å². The largest absolute Gasteiger partial charge is 0.454 e. The van der Waals surface area contributed by atoms with E-state index >= 15 is 0 Å². The predicted molar refractivity (Wildman–Crippen MR) is 74.1 cm³/mol. The number of benzene rings is 1. The molecule has 0 aliphatic carbocycles. The van der Waals surface area contributed by atoms with Gasteiger partial charge < -0.3 is 14.8 Å². The molecule has 6 heteroatoms. The Morgan fingerprint density at radius 1 is 1.44 bits per heavy atom. The van der Waals surface area contributed by atoms with E-state index in [-0.39, 0.29) is 6.79 Å². The maximum absolute atomic E-state index is 5.41. The molecule has 4 nitrogen and oxygen atoms in total. The summed E-state index contributed by atoms with van der Waals surface area (Å²) in [5, 5.41) is 4.10. The molecule has 0 amide bonds. The molecule has 0 radical (unpaired) electrons. The summed E-state index contributed by atoms with van der Waals surface area (Å²) in [4.78, 5) is 5.64. The van der Waals surface area contributed by atoms with E-state index in [1.54, 1.807) is 11.3 Å². The molecule has 2 heterocycles. The Bertz CT molecular complexity index is 585. The SMILES string of the molecule is CNCc1cnc(-c2cc(Br)c3c(c2)OCO3)s1. The molecule has 0 fully saturated rings. The first-order chi connectivity index (χ1) is 8.78. The summed E-state index contributed by atoms with van der Waals surface area (Å²) in [6.45, 7) is 1.11. The zero-order chi connectivity index (χ0) is 12.5. The van der Waals surface area contributed by atoms with Crippen molar-refractivity contribution in [3.05, 3.63) is 27.7 Å². The van der Waals surface area contributed by atoms with E-state index in [2.05, 4.69) is 26.2 Å². The second-order valence-electron chi connectivity index (χ2n) is 3.85. The highest BCUT2D eigenvalue weighted by Crippen LogP contribution is 2.43. The van der Waals surface area contributed by atoms with Gasteiger partial charge in [-0.25, -0.2) is 4.98 Å². The third-order valence-corrected chi connectivity index (χ3v) is 4.21. The van der Waals surface area contributed by atoms with Crippen molar-refractivity contribution in [1.82, 2.24) is 10.3 Å². The monoisotopic (exact) mass is 326 g/mol. The van der Waals surface area contributed by atoms with Crippen molar-refractivity contribution in [2.24, 2.45) is 0 Å². The number of hydrogen-bond donors (Lipinski definition) is 1. The number of rotatable bonds is 3. The molecule has 0 saturated carbocycles. The van der Waals surface area contributed by atoms with Crippen LogP contribution in [0.5, 0.6) is 11.5 Å². The molecule has 3 rings (SSSR count). The van der Waals surface area contributed by atoms with Gasteiger partial charge in [-0.1, -0.05) is 0 Å². The summed E-state index contributed by atoms with van der Waals surface area (Å²) in [5.74, 6) is 1.54. The van der Waals surface area contributed by atoms with Gasteiger partial charge in [-0.2, -0.15) is 0 Å². The van der Waals surface area contributed by atoms with Crippen LogP contribution in [-0.4, -0.2) is 18.8 Å². The minimum Gasteiger partial charge on any atom is -0.454 e. The zero-order valence-electron chi connectivity index (χ0n) is 9.70. The van der Waals surface area contributed by atoms with Crippen LogP contribution in [0.4, 0.5) is 0 Å². The van der Waals surface area contributed by atoms with Crippen LogP contribution in [0.25, 0.3) is 10.6 Å². The van der Waals surface area contributed by atoms with E-state index < -0.39 is 0 Å². The third kappa shape index (κ3) is 2.11. The third-order valence-electron chi connectivity index (χ3n) is 2.58. The van der Waals surface area contributed by atoms with Crippen LogP contribution in [0.15, 0.2) is 22.8 Å². The van der Waals surface area contributed by atoms with Crippen LogP contribution in [0.2, 0.25) is 0 Å². The van der Waals surface area contributed by atoms with Crippen LogP contribution >= 0.6 is 27.3 Å².